The van der Waals surface area contributed by atoms with Gasteiger partial charge < -0.3 is 24.3 Å². The molecule has 1 unspecified atom stereocenters. The first-order chi connectivity index (χ1) is 14.9. The van der Waals surface area contributed by atoms with E-state index in [2.05, 4.69) is 19.9 Å². The number of H-pyrrole nitrogens is 1. The molecule has 1 atom stereocenters. The average Bonchev–Trinajstić information content (AvgIpc) is 3.13. The normalized spacial score (nSPS) is 13.1. The molecule has 32 heavy (non-hydrogen) atoms. The number of ether oxygens (including phenoxy) is 3. The Labute approximate surface area is 186 Å². The first-order valence-corrected chi connectivity index (χ1v) is 10.2. The number of rotatable bonds is 6. The third-order valence-electron chi connectivity index (χ3n) is 3.94. The van der Waals surface area contributed by atoms with Gasteiger partial charge in [-0.15, -0.1) is 0 Å². The number of aromatic amines is 1. The van der Waals surface area contributed by atoms with Crippen molar-refractivity contribution in [2.24, 2.45) is 0 Å². The summed E-state index contributed by atoms with van der Waals surface area (Å²) >= 11 is 0. The number of carbonyl (C=O) groups is 1. The molecule has 1 aromatic carbocycles. The Hall–Kier alpha value is -3.24. The lowest BCUT2D eigenvalue weighted by Gasteiger charge is -2.32. The van der Waals surface area contributed by atoms with E-state index in [-0.39, 0.29) is 24.1 Å². The predicted molar refractivity (Wildman–Crippen MR) is 118 cm³/mol. The van der Waals surface area contributed by atoms with Gasteiger partial charge in [0.05, 0.1) is 11.9 Å². The maximum absolute atomic E-state index is 13.0. The topological polar surface area (TPSA) is 123 Å². The van der Waals surface area contributed by atoms with E-state index in [1.54, 1.807) is 41.5 Å². The zero-order valence-corrected chi connectivity index (χ0v) is 19.1. The molecule has 0 saturated carbocycles. The zero-order valence-electron chi connectivity index (χ0n) is 19.1. The zero-order chi connectivity index (χ0) is 23.5. The Kier molecular flexibility index (Phi) is 6.65. The molecule has 3 aromatic rings. The summed E-state index contributed by atoms with van der Waals surface area (Å²) in [6, 6.07) is 9.55. The van der Waals surface area contributed by atoms with Gasteiger partial charge in [0.2, 0.25) is 18.2 Å². The third-order valence-corrected chi connectivity index (χ3v) is 3.94. The number of aromatic nitrogens is 4. The summed E-state index contributed by atoms with van der Waals surface area (Å²) in [5.74, 6) is 0.00142. The summed E-state index contributed by atoms with van der Waals surface area (Å²) in [4.78, 5) is 29.6. The highest BCUT2D eigenvalue weighted by molar-refractivity contribution is 5.87. The van der Waals surface area contributed by atoms with Gasteiger partial charge in [-0.05, 0) is 47.1 Å². The molecule has 0 aliphatic heterocycles. The predicted octanol–water partition coefficient (Wildman–Crippen LogP) is 3.76. The van der Waals surface area contributed by atoms with Crippen LogP contribution in [0.1, 0.15) is 47.1 Å². The SMILES string of the molecule is CC(C)(C)OC(=O)N(c1nc(OCc2ccccc2)c2[nH]cnc2n1)C(O)OC(C)(C)C. The molecule has 1 amide bonds. The minimum Gasteiger partial charge on any atom is -0.471 e. The molecule has 0 fully saturated rings. The highest BCUT2D eigenvalue weighted by Crippen LogP contribution is 2.27. The number of anilines is 1. The molecule has 2 N–H and O–H groups in total. The number of aliphatic hydroxyl groups is 1. The van der Waals surface area contributed by atoms with Gasteiger partial charge in [-0.25, -0.2) is 9.78 Å². The molecule has 3 rings (SSSR count). The van der Waals surface area contributed by atoms with Crippen LogP contribution in [0.2, 0.25) is 0 Å². The van der Waals surface area contributed by atoms with Crippen molar-refractivity contribution in [1.29, 1.82) is 0 Å². The number of aliphatic hydroxyl groups excluding tert-OH is 1. The third kappa shape index (κ3) is 6.14. The maximum atomic E-state index is 13.0. The van der Waals surface area contributed by atoms with E-state index < -0.39 is 23.7 Å². The number of benzene rings is 1. The number of nitrogens with zero attached hydrogens (tertiary/aromatic N) is 4. The minimum atomic E-state index is -1.71. The fraction of sp³-hybridized carbons (Fsp3) is 0.455. The Bertz CT molecular complexity index is 1060. The lowest BCUT2D eigenvalue weighted by molar-refractivity contribution is -0.163. The van der Waals surface area contributed by atoms with Crippen molar-refractivity contribution in [3.8, 4) is 5.88 Å². The van der Waals surface area contributed by atoms with Gasteiger partial charge in [0, 0.05) is 0 Å². The van der Waals surface area contributed by atoms with Crippen LogP contribution in [0.25, 0.3) is 11.2 Å². The number of hydrogen-bond donors (Lipinski definition) is 2. The number of imidazole rings is 1. The number of fused-ring (bicyclic) bond motifs is 1. The molecule has 172 valence electrons. The Morgan fingerprint density at radius 3 is 2.41 bits per heavy atom. The van der Waals surface area contributed by atoms with E-state index in [9.17, 15) is 9.90 Å². The van der Waals surface area contributed by atoms with Gasteiger partial charge in [0.1, 0.15) is 17.7 Å². The van der Waals surface area contributed by atoms with Crippen LogP contribution in [0.15, 0.2) is 36.7 Å². The van der Waals surface area contributed by atoms with Gasteiger partial charge in [-0.3, -0.25) is 0 Å². The van der Waals surface area contributed by atoms with Crippen molar-refractivity contribution in [2.75, 3.05) is 4.90 Å². The first-order valence-electron chi connectivity index (χ1n) is 10.2. The van der Waals surface area contributed by atoms with Crippen LogP contribution in [0.3, 0.4) is 0 Å². The second-order valence-corrected chi connectivity index (χ2v) is 9.11. The fourth-order valence-corrected chi connectivity index (χ4v) is 2.68. The van der Waals surface area contributed by atoms with Gasteiger partial charge in [-0.1, -0.05) is 30.3 Å². The van der Waals surface area contributed by atoms with E-state index >= 15 is 0 Å². The largest absolute Gasteiger partial charge is 0.471 e. The quantitative estimate of drug-likeness (QED) is 0.552. The van der Waals surface area contributed by atoms with Crippen LogP contribution in [0, 0.1) is 0 Å². The van der Waals surface area contributed by atoms with E-state index in [4.69, 9.17) is 14.2 Å². The van der Waals surface area contributed by atoms with Gasteiger partial charge >= 0.3 is 6.09 Å². The Balaban J connectivity index is 2.00. The highest BCUT2D eigenvalue weighted by Gasteiger charge is 2.35. The van der Waals surface area contributed by atoms with Crippen molar-refractivity contribution < 1.29 is 24.1 Å². The standard InChI is InChI=1S/C22H29N5O5/c1-21(2,3)31-19(28)27(20(29)32-22(4,5)6)18-25-16-15(23-13-24-16)17(26-18)30-12-14-10-8-7-9-11-14/h7-11,13,19,28H,12H2,1-6H3,(H,23,24,25,26). The van der Waals surface area contributed by atoms with Crippen LogP contribution < -0.4 is 9.64 Å². The highest BCUT2D eigenvalue weighted by atomic mass is 16.7. The molecule has 10 heteroatoms. The van der Waals surface area contributed by atoms with Crippen LogP contribution >= 0.6 is 0 Å². The monoisotopic (exact) mass is 443 g/mol. The number of nitrogens with one attached hydrogen (secondary N) is 1. The number of hydrogen-bond acceptors (Lipinski definition) is 8. The molecule has 0 spiro atoms. The second-order valence-electron chi connectivity index (χ2n) is 9.11. The second kappa shape index (κ2) is 9.09. The summed E-state index contributed by atoms with van der Waals surface area (Å²) in [5, 5.41) is 10.7. The number of amides is 1. The van der Waals surface area contributed by atoms with E-state index in [0.717, 1.165) is 10.5 Å². The smallest absolute Gasteiger partial charge is 0.421 e. The molecule has 0 aliphatic carbocycles. The molecular formula is C22H29N5O5. The lowest BCUT2D eigenvalue weighted by Crippen LogP contribution is -2.48. The van der Waals surface area contributed by atoms with Gasteiger partial charge in [0.15, 0.2) is 5.65 Å². The summed E-state index contributed by atoms with van der Waals surface area (Å²) in [7, 11) is 0. The van der Waals surface area contributed by atoms with Crippen LogP contribution in [-0.4, -0.2) is 48.8 Å². The average molecular weight is 444 g/mol. The van der Waals surface area contributed by atoms with Gasteiger partial charge in [0.25, 0.3) is 0 Å². The molecule has 10 nitrogen and oxygen atoms in total. The van der Waals surface area contributed by atoms with E-state index in [1.165, 1.54) is 6.33 Å². The summed E-state index contributed by atoms with van der Waals surface area (Å²) in [6.07, 6.45) is -1.14. The van der Waals surface area contributed by atoms with Crippen LogP contribution in [0.5, 0.6) is 5.88 Å². The molecular weight excluding hydrogens is 414 g/mol. The Morgan fingerprint density at radius 1 is 1.09 bits per heavy atom. The van der Waals surface area contributed by atoms with Crippen molar-refractivity contribution in [3.05, 3.63) is 42.2 Å². The van der Waals surface area contributed by atoms with Crippen molar-refractivity contribution in [2.45, 2.75) is 65.8 Å². The molecule has 0 bridgehead atoms. The summed E-state index contributed by atoms with van der Waals surface area (Å²) in [5.41, 5.74) is 0.0675. The summed E-state index contributed by atoms with van der Waals surface area (Å²) in [6.45, 7) is 10.6. The van der Waals surface area contributed by atoms with Crippen molar-refractivity contribution in [3.63, 3.8) is 0 Å². The molecule has 2 aromatic heterocycles. The Morgan fingerprint density at radius 2 is 1.78 bits per heavy atom. The number of carbonyl (C=O) groups excluding carboxylic acids is 1. The van der Waals surface area contributed by atoms with Crippen LogP contribution in [0.4, 0.5) is 10.7 Å². The molecule has 2 heterocycles. The molecule has 0 aliphatic rings. The van der Waals surface area contributed by atoms with Crippen molar-refractivity contribution >= 4 is 23.2 Å². The van der Waals surface area contributed by atoms with Crippen LogP contribution in [-0.2, 0) is 16.1 Å². The van der Waals surface area contributed by atoms with E-state index in [0.29, 0.717) is 5.52 Å². The van der Waals surface area contributed by atoms with Gasteiger partial charge in [-0.2, -0.15) is 14.9 Å². The summed E-state index contributed by atoms with van der Waals surface area (Å²) < 4.78 is 16.9. The van der Waals surface area contributed by atoms with E-state index in [1.807, 2.05) is 30.3 Å². The minimum absolute atomic E-state index is 0.168. The van der Waals surface area contributed by atoms with Crippen molar-refractivity contribution in [1.82, 2.24) is 19.9 Å². The first kappa shape index (κ1) is 23.4. The lowest BCUT2D eigenvalue weighted by atomic mass is 10.2. The fourth-order valence-electron chi connectivity index (χ4n) is 2.68. The molecule has 0 saturated heterocycles. The maximum Gasteiger partial charge on any atom is 0.421 e. The molecule has 0 radical (unpaired) electrons.